The molecule has 1 N–H and O–H groups in total. The second kappa shape index (κ2) is 8.02. The number of amides is 1. The Morgan fingerprint density at radius 1 is 1.40 bits per heavy atom. The molecule has 1 aromatic carbocycles. The van der Waals surface area contributed by atoms with Crippen molar-refractivity contribution in [3.05, 3.63) is 47.1 Å². The quantitative estimate of drug-likeness (QED) is 0.836. The van der Waals surface area contributed by atoms with Crippen molar-refractivity contribution in [1.82, 2.24) is 14.7 Å². The molecule has 1 atom stereocenters. The van der Waals surface area contributed by atoms with Gasteiger partial charge < -0.3 is 5.32 Å². The Kier molecular flexibility index (Phi) is 5.76. The zero-order valence-electron chi connectivity index (χ0n) is 14.8. The van der Waals surface area contributed by atoms with Crippen LogP contribution in [-0.4, -0.2) is 34.2 Å². The summed E-state index contributed by atoms with van der Waals surface area (Å²) in [6, 6.07) is 10.1. The molecule has 1 aliphatic rings. The first kappa shape index (κ1) is 18.0. The highest BCUT2D eigenvalue weighted by Crippen LogP contribution is 2.31. The van der Waals surface area contributed by atoms with Crippen molar-refractivity contribution in [3.63, 3.8) is 0 Å². The van der Waals surface area contributed by atoms with Gasteiger partial charge in [-0.1, -0.05) is 36.6 Å². The number of anilines is 1. The van der Waals surface area contributed by atoms with Gasteiger partial charge >= 0.3 is 0 Å². The molecule has 0 radical (unpaired) electrons. The third-order valence-corrected chi connectivity index (χ3v) is 5.23. The number of nitrogens with zero attached hydrogens (tertiary/aromatic N) is 3. The summed E-state index contributed by atoms with van der Waals surface area (Å²) in [5.74, 6) is 0.761. The van der Waals surface area contributed by atoms with Gasteiger partial charge in [0, 0.05) is 17.1 Å². The van der Waals surface area contributed by atoms with E-state index in [2.05, 4.69) is 17.3 Å². The van der Waals surface area contributed by atoms with Gasteiger partial charge in [0.1, 0.15) is 5.82 Å². The normalized spacial score (nSPS) is 16.3. The Morgan fingerprint density at radius 2 is 2.16 bits per heavy atom. The lowest BCUT2D eigenvalue weighted by molar-refractivity contribution is -0.117. The van der Waals surface area contributed by atoms with Crippen LogP contribution < -0.4 is 5.32 Å². The van der Waals surface area contributed by atoms with E-state index in [-0.39, 0.29) is 11.9 Å². The minimum absolute atomic E-state index is 0.0314. The molecule has 134 valence electrons. The first-order valence-corrected chi connectivity index (χ1v) is 9.21. The minimum Gasteiger partial charge on any atom is -0.310 e. The summed E-state index contributed by atoms with van der Waals surface area (Å²) in [7, 11) is 1.94. The fourth-order valence-corrected chi connectivity index (χ4v) is 3.62. The van der Waals surface area contributed by atoms with Crippen molar-refractivity contribution in [2.24, 2.45) is 0 Å². The monoisotopic (exact) mass is 360 g/mol. The van der Waals surface area contributed by atoms with Crippen LogP contribution >= 0.6 is 11.6 Å². The van der Waals surface area contributed by atoms with Gasteiger partial charge in [0.25, 0.3) is 0 Å². The van der Waals surface area contributed by atoms with E-state index in [0.29, 0.717) is 17.6 Å². The average molecular weight is 361 g/mol. The summed E-state index contributed by atoms with van der Waals surface area (Å²) in [5, 5.41) is 8.12. The Morgan fingerprint density at radius 3 is 2.88 bits per heavy atom. The van der Waals surface area contributed by atoms with Crippen molar-refractivity contribution in [2.45, 2.75) is 44.7 Å². The molecular formula is C19H25ClN4O. The Hall–Kier alpha value is -1.85. The van der Waals surface area contributed by atoms with E-state index in [0.717, 1.165) is 24.2 Å². The van der Waals surface area contributed by atoms with Crippen molar-refractivity contribution in [2.75, 3.05) is 18.9 Å². The number of hydrogen-bond acceptors (Lipinski definition) is 3. The zero-order chi connectivity index (χ0) is 17.8. The van der Waals surface area contributed by atoms with Crippen LogP contribution in [0.15, 0.2) is 36.5 Å². The van der Waals surface area contributed by atoms with Gasteiger partial charge in [0.15, 0.2) is 0 Å². The molecular weight excluding hydrogens is 336 g/mol. The Balaban J connectivity index is 1.60. The number of carbonyl (C=O) groups is 1. The van der Waals surface area contributed by atoms with Crippen molar-refractivity contribution in [3.8, 4) is 0 Å². The van der Waals surface area contributed by atoms with Gasteiger partial charge in [-0.15, -0.1) is 0 Å². The third-order valence-electron chi connectivity index (χ3n) is 4.99. The van der Waals surface area contributed by atoms with E-state index < -0.39 is 0 Å². The molecule has 1 aliphatic carbocycles. The number of hydrogen-bond donors (Lipinski definition) is 1. The Bertz CT molecular complexity index is 724. The molecule has 1 saturated carbocycles. The topological polar surface area (TPSA) is 50.2 Å². The van der Waals surface area contributed by atoms with E-state index in [1.165, 1.54) is 12.8 Å². The van der Waals surface area contributed by atoms with Gasteiger partial charge in [-0.2, -0.15) is 5.10 Å². The predicted octanol–water partition coefficient (Wildman–Crippen LogP) is 4.28. The van der Waals surface area contributed by atoms with Crippen molar-refractivity contribution in [1.29, 1.82) is 0 Å². The molecule has 0 bridgehead atoms. The first-order chi connectivity index (χ1) is 12.0. The number of carbonyl (C=O) groups excluding carboxylic acids is 1. The summed E-state index contributed by atoms with van der Waals surface area (Å²) < 4.78 is 1.96. The minimum atomic E-state index is -0.0314. The molecule has 1 amide bonds. The highest BCUT2D eigenvalue weighted by molar-refractivity contribution is 6.30. The summed E-state index contributed by atoms with van der Waals surface area (Å²) >= 11 is 6.07. The van der Waals surface area contributed by atoms with Gasteiger partial charge in [0.05, 0.1) is 18.8 Å². The summed E-state index contributed by atoms with van der Waals surface area (Å²) in [6.45, 7) is 2.38. The molecule has 25 heavy (non-hydrogen) atoms. The maximum Gasteiger partial charge on any atom is 0.239 e. The summed E-state index contributed by atoms with van der Waals surface area (Å²) in [4.78, 5) is 14.5. The maximum absolute atomic E-state index is 12.5. The SMILES string of the molecule is CC(c1cccc(Cl)c1)N(C)CC(=O)Nc1ccnn1C1CCCC1. The van der Waals surface area contributed by atoms with Crippen molar-refractivity contribution < 1.29 is 4.79 Å². The third kappa shape index (κ3) is 4.41. The van der Waals surface area contributed by atoms with Crippen LogP contribution in [0.25, 0.3) is 0 Å². The zero-order valence-corrected chi connectivity index (χ0v) is 15.5. The molecule has 1 unspecified atom stereocenters. The fraction of sp³-hybridized carbons (Fsp3) is 0.474. The van der Waals surface area contributed by atoms with Gasteiger partial charge in [-0.05, 0) is 44.5 Å². The van der Waals surface area contributed by atoms with Crippen LogP contribution in [0.5, 0.6) is 0 Å². The maximum atomic E-state index is 12.5. The van der Waals surface area contributed by atoms with E-state index in [1.807, 2.05) is 47.0 Å². The fourth-order valence-electron chi connectivity index (χ4n) is 3.42. The highest BCUT2D eigenvalue weighted by atomic mass is 35.5. The molecule has 1 aromatic heterocycles. The first-order valence-electron chi connectivity index (χ1n) is 8.83. The van der Waals surface area contributed by atoms with E-state index >= 15 is 0 Å². The smallest absolute Gasteiger partial charge is 0.239 e. The molecule has 0 aliphatic heterocycles. The van der Waals surface area contributed by atoms with E-state index in [4.69, 9.17) is 11.6 Å². The van der Waals surface area contributed by atoms with E-state index in [9.17, 15) is 4.79 Å². The average Bonchev–Trinajstić information content (AvgIpc) is 3.25. The molecule has 2 aromatic rings. The van der Waals surface area contributed by atoms with Gasteiger partial charge in [-0.3, -0.25) is 9.69 Å². The number of nitrogens with one attached hydrogen (secondary N) is 1. The number of rotatable bonds is 6. The standard InChI is InChI=1S/C19H25ClN4O/c1-14(15-6-5-7-16(20)12-15)23(2)13-19(25)22-18-10-11-21-24(18)17-8-3-4-9-17/h5-7,10-12,14,17H,3-4,8-9,13H2,1-2H3,(H,22,25). The van der Waals surface area contributed by atoms with E-state index in [1.54, 1.807) is 6.20 Å². The molecule has 0 saturated heterocycles. The number of aromatic nitrogens is 2. The van der Waals surface area contributed by atoms with Crippen LogP contribution in [0.4, 0.5) is 5.82 Å². The molecule has 1 heterocycles. The molecule has 5 nitrogen and oxygen atoms in total. The number of benzene rings is 1. The number of halogens is 1. The lowest BCUT2D eigenvalue weighted by atomic mass is 10.1. The van der Waals surface area contributed by atoms with Gasteiger partial charge in [-0.25, -0.2) is 4.68 Å². The van der Waals surface area contributed by atoms with Crippen LogP contribution in [0, 0.1) is 0 Å². The van der Waals surface area contributed by atoms with Crippen LogP contribution in [-0.2, 0) is 4.79 Å². The molecule has 6 heteroatoms. The summed E-state index contributed by atoms with van der Waals surface area (Å²) in [5.41, 5.74) is 1.10. The van der Waals surface area contributed by atoms with Crippen LogP contribution in [0.3, 0.4) is 0 Å². The molecule has 1 fully saturated rings. The summed E-state index contributed by atoms with van der Waals surface area (Å²) in [6.07, 6.45) is 6.49. The predicted molar refractivity (Wildman–Crippen MR) is 101 cm³/mol. The van der Waals surface area contributed by atoms with Crippen molar-refractivity contribution >= 4 is 23.3 Å². The van der Waals surface area contributed by atoms with Crippen LogP contribution in [0.1, 0.15) is 50.3 Å². The van der Waals surface area contributed by atoms with Gasteiger partial charge in [0.2, 0.25) is 5.91 Å². The highest BCUT2D eigenvalue weighted by Gasteiger charge is 2.21. The largest absolute Gasteiger partial charge is 0.310 e. The lowest BCUT2D eigenvalue weighted by Gasteiger charge is -2.25. The second-order valence-electron chi connectivity index (χ2n) is 6.79. The molecule has 3 rings (SSSR count). The van der Waals surface area contributed by atoms with Crippen LogP contribution in [0.2, 0.25) is 5.02 Å². The number of likely N-dealkylation sites (N-methyl/N-ethyl adjacent to an activating group) is 1. The lowest BCUT2D eigenvalue weighted by Crippen LogP contribution is -2.32. The second-order valence-corrected chi connectivity index (χ2v) is 7.23. The molecule has 0 spiro atoms. The Labute approximate surface area is 154 Å².